The highest BCUT2D eigenvalue weighted by atomic mass is 16.4. The van der Waals surface area contributed by atoms with E-state index in [2.05, 4.69) is 5.32 Å². The van der Waals surface area contributed by atoms with Crippen molar-refractivity contribution in [1.82, 2.24) is 5.32 Å². The molecular weight excluding hydrogens is 194 g/mol. The summed E-state index contributed by atoms with van der Waals surface area (Å²) in [5, 5.41) is 11.0. The molecular formula is C11H25NO3. The first-order valence-corrected chi connectivity index (χ1v) is 5.47. The Morgan fingerprint density at radius 3 is 1.80 bits per heavy atom. The van der Waals surface area contributed by atoms with Gasteiger partial charge < -0.3 is 10.4 Å². The Morgan fingerprint density at radius 2 is 1.60 bits per heavy atom. The molecule has 0 amide bonds. The highest BCUT2D eigenvalue weighted by Crippen LogP contribution is 1.97. The summed E-state index contributed by atoms with van der Waals surface area (Å²) in [7, 11) is 1.65. The largest absolute Gasteiger partial charge is 0.481 e. The standard InChI is InChI=1S/C7H13NO3.2C2H6/c1-5(9)6(8-2)3-4-7(10)11;2*1-2/h6,8H,3-4H2,1-2H3,(H,10,11);2*1-2H3/t6-;;/m0../s1. The second-order valence-electron chi connectivity index (χ2n) is 2.38. The van der Waals surface area contributed by atoms with E-state index >= 15 is 0 Å². The van der Waals surface area contributed by atoms with Crippen molar-refractivity contribution >= 4 is 11.8 Å². The van der Waals surface area contributed by atoms with Gasteiger partial charge in [0.05, 0.1) is 6.04 Å². The Kier molecular flexibility index (Phi) is 20.4. The van der Waals surface area contributed by atoms with Gasteiger partial charge in [0, 0.05) is 6.42 Å². The van der Waals surface area contributed by atoms with E-state index in [4.69, 9.17) is 5.11 Å². The molecule has 15 heavy (non-hydrogen) atoms. The zero-order valence-electron chi connectivity index (χ0n) is 10.8. The van der Waals surface area contributed by atoms with Gasteiger partial charge in [-0.25, -0.2) is 0 Å². The Labute approximate surface area is 93.1 Å². The van der Waals surface area contributed by atoms with Crippen molar-refractivity contribution in [3.05, 3.63) is 0 Å². The summed E-state index contributed by atoms with van der Waals surface area (Å²) in [4.78, 5) is 20.8. The molecule has 4 nitrogen and oxygen atoms in total. The molecule has 0 aromatic carbocycles. The summed E-state index contributed by atoms with van der Waals surface area (Å²) in [6.07, 6.45) is 0.395. The van der Waals surface area contributed by atoms with Crippen molar-refractivity contribution in [3.63, 3.8) is 0 Å². The third-order valence-electron chi connectivity index (χ3n) is 1.49. The van der Waals surface area contributed by atoms with Crippen molar-refractivity contribution in [2.75, 3.05) is 7.05 Å². The van der Waals surface area contributed by atoms with Gasteiger partial charge in [0.25, 0.3) is 0 Å². The summed E-state index contributed by atoms with van der Waals surface area (Å²) in [5.74, 6) is -0.889. The lowest BCUT2D eigenvalue weighted by molar-refractivity contribution is -0.137. The number of nitrogens with one attached hydrogen (secondary N) is 1. The van der Waals surface area contributed by atoms with Crippen molar-refractivity contribution in [1.29, 1.82) is 0 Å². The van der Waals surface area contributed by atoms with E-state index in [1.165, 1.54) is 6.92 Å². The number of likely N-dealkylation sites (N-methyl/N-ethyl adjacent to an activating group) is 1. The predicted molar refractivity (Wildman–Crippen MR) is 63.1 cm³/mol. The normalized spacial score (nSPS) is 10.0. The summed E-state index contributed by atoms with van der Waals surface area (Å²) in [6, 6.07) is -0.314. The van der Waals surface area contributed by atoms with Gasteiger partial charge in [-0.15, -0.1) is 0 Å². The molecule has 0 aliphatic carbocycles. The molecule has 0 unspecified atom stereocenters. The Bertz CT molecular complexity index is 158. The van der Waals surface area contributed by atoms with Crippen molar-refractivity contribution in [2.24, 2.45) is 0 Å². The van der Waals surface area contributed by atoms with Crippen LogP contribution in [0.15, 0.2) is 0 Å². The minimum atomic E-state index is -0.869. The number of carbonyl (C=O) groups is 2. The first kappa shape index (κ1) is 19.6. The number of carboxylic acids is 1. The molecule has 0 saturated heterocycles. The smallest absolute Gasteiger partial charge is 0.303 e. The Morgan fingerprint density at radius 1 is 1.20 bits per heavy atom. The van der Waals surface area contributed by atoms with Crippen LogP contribution in [-0.2, 0) is 9.59 Å². The summed E-state index contributed by atoms with van der Waals surface area (Å²) < 4.78 is 0. The zero-order valence-corrected chi connectivity index (χ0v) is 10.8. The molecule has 0 saturated carbocycles. The summed E-state index contributed by atoms with van der Waals surface area (Å²) >= 11 is 0. The molecule has 0 rings (SSSR count). The van der Waals surface area contributed by atoms with Crippen molar-refractivity contribution < 1.29 is 14.7 Å². The number of hydrogen-bond acceptors (Lipinski definition) is 3. The van der Waals surface area contributed by atoms with Crippen LogP contribution >= 0.6 is 0 Å². The van der Waals surface area contributed by atoms with Gasteiger partial charge in [-0.2, -0.15) is 0 Å². The average molecular weight is 219 g/mol. The molecule has 0 aromatic rings. The lowest BCUT2D eigenvalue weighted by Gasteiger charge is -2.09. The van der Waals surface area contributed by atoms with Crippen LogP contribution in [0.5, 0.6) is 0 Å². The molecule has 0 radical (unpaired) electrons. The van der Waals surface area contributed by atoms with Gasteiger partial charge in [-0.3, -0.25) is 9.59 Å². The molecule has 1 atom stereocenters. The van der Waals surface area contributed by atoms with Crippen LogP contribution in [0.2, 0.25) is 0 Å². The van der Waals surface area contributed by atoms with Gasteiger partial charge in [-0.05, 0) is 20.4 Å². The van der Waals surface area contributed by atoms with Gasteiger partial charge >= 0.3 is 5.97 Å². The van der Waals surface area contributed by atoms with Gasteiger partial charge in [0.1, 0.15) is 5.78 Å². The Balaban J connectivity index is -0.000000318. The highest BCUT2D eigenvalue weighted by molar-refractivity contribution is 5.82. The quantitative estimate of drug-likeness (QED) is 0.743. The average Bonchev–Trinajstić information content (AvgIpc) is 2.24. The van der Waals surface area contributed by atoms with Crippen LogP contribution in [0.4, 0.5) is 0 Å². The van der Waals surface area contributed by atoms with E-state index in [9.17, 15) is 9.59 Å². The van der Waals surface area contributed by atoms with E-state index in [-0.39, 0.29) is 18.2 Å². The number of ketones is 1. The number of hydrogen-bond donors (Lipinski definition) is 2. The van der Waals surface area contributed by atoms with Crippen molar-refractivity contribution in [3.8, 4) is 0 Å². The fraction of sp³-hybridized carbons (Fsp3) is 0.818. The minimum absolute atomic E-state index is 0.0197. The molecule has 0 aliphatic heterocycles. The van der Waals surface area contributed by atoms with Crippen LogP contribution in [0.1, 0.15) is 47.5 Å². The van der Waals surface area contributed by atoms with Crippen molar-refractivity contribution in [2.45, 2.75) is 53.5 Å². The Hall–Kier alpha value is -0.900. The minimum Gasteiger partial charge on any atom is -0.481 e. The molecule has 0 bridgehead atoms. The molecule has 0 aliphatic rings. The van der Waals surface area contributed by atoms with E-state index in [1.54, 1.807) is 7.05 Å². The molecule has 92 valence electrons. The van der Waals surface area contributed by atoms with E-state index in [0.717, 1.165) is 0 Å². The third kappa shape index (κ3) is 15.8. The maximum absolute atomic E-state index is 10.7. The van der Waals surface area contributed by atoms with Gasteiger partial charge in [0.15, 0.2) is 0 Å². The number of aliphatic carboxylic acids is 1. The highest BCUT2D eigenvalue weighted by Gasteiger charge is 2.12. The first-order valence-electron chi connectivity index (χ1n) is 5.47. The maximum Gasteiger partial charge on any atom is 0.303 e. The molecule has 0 heterocycles. The second-order valence-corrected chi connectivity index (χ2v) is 2.38. The fourth-order valence-electron chi connectivity index (χ4n) is 0.819. The molecule has 2 N–H and O–H groups in total. The molecule has 0 aromatic heterocycles. The number of rotatable bonds is 5. The number of Topliss-reactive ketones (excluding diaryl/α,β-unsaturated/α-hetero) is 1. The fourth-order valence-corrected chi connectivity index (χ4v) is 0.819. The first-order chi connectivity index (χ1) is 7.07. The molecule has 4 heteroatoms. The van der Waals surface area contributed by atoms with E-state index < -0.39 is 5.97 Å². The lowest BCUT2D eigenvalue weighted by atomic mass is 10.1. The molecule has 0 spiro atoms. The van der Waals surface area contributed by atoms with Crippen LogP contribution < -0.4 is 5.32 Å². The SMILES string of the molecule is CC.CC.CN[C@@H](CCC(=O)O)C(C)=O. The van der Waals surface area contributed by atoms with E-state index in [1.807, 2.05) is 27.7 Å². The van der Waals surface area contributed by atoms with Crippen LogP contribution in [0.25, 0.3) is 0 Å². The summed E-state index contributed by atoms with van der Waals surface area (Å²) in [5.41, 5.74) is 0. The number of carbonyl (C=O) groups excluding carboxylic acids is 1. The maximum atomic E-state index is 10.7. The second kappa shape index (κ2) is 15.6. The van der Waals surface area contributed by atoms with Crippen LogP contribution in [0, 0.1) is 0 Å². The molecule has 0 fully saturated rings. The topological polar surface area (TPSA) is 66.4 Å². The van der Waals surface area contributed by atoms with Crippen LogP contribution in [0.3, 0.4) is 0 Å². The summed E-state index contributed by atoms with van der Waals surface area (Å²) in [6.45, 7) is 9.45. The zero-order chi connectivity index (χ0) is 12.9. The number of carboxylic acid groups (broad SMARTS) is 1. The monoisotopic (exact) mass is 219 g/mol. The third-order valence-corrected chi connectivity index (χ3v) is 1.49. The predicted octanol–water partition coefficient (Wildman–Crippen LogP) is 2.08. The van der Waals surface area contributed by atoms with E-state index in [0.29, 0.717) is 6.42 Å². The van der Waals surface area contributed by atoms with Gasteiger partial charge in [-0.1, -0.05) is 27.7 Å². The van der Waals surface area contributed by atoms with Gasteiger partial charge in [0.2, 0.25) is 0 Å². The van der Waals surface area contributed by atoms with Crippen LogP contribution in [-0.4, -0.2) is 29.9 Å². The lowest BCUT2D eigenvalue weighted by Crippen LogP contribution is -2.32.